The molecule has 1 N–H and O–H groups in total. The number of benzene rings is 1. The molecule has 3 unspecified atom stereocenters. The first-order valence-electron chi connectivity index (χ1n) is 8.30. The summed E-state index contributed by atoms with van der Waals surface area (Å²) >= 11 is 0. The van der Waals surface area contributed by atoms with E-state index in [-0.39, 0.29) is 5.82 Å². The molecule has 1 aromatic heterocycles. The van der Waals surface area contributed by atoms with Crippen LogP contribution in [0.15, 0.2) is 24.5 Å². The Labute approximate surface area is 136 Å². The number of methoxy groups -OCH3 is 1. The first kappa shape index (κ1) is 16.3. The first-order chi connectivity index (χ1) is 11.2. The van der Waals surface area contributed by atoms with E-state index in [4.69, 9.17) is 4.74 Å². The summed E-state index contributed by atoms with van der Waals surface area (Å²) in [6.07, 6.45) is 6.52. The molecule has 23 heavy (non-hydrogen) atoms. The Kier molecular flexibility index (Phi) is 5.18. The molecule has 3 rings (SSSR count). The number of hydrogen-bond acceptors (Lipinski definition) is 4. The zero-order valence-corrected chi connectivity index (χ0v) is 13.8. The van der Waals surface area contributed by atoms with Gasteiger partial charge >= 0.3 is 0 Å². The fraction of sp³-hybridized carbons (Fsp3) is 0.556. The highest BCUT2D eigenvalue weighted by Gasteiger charge is 2.29. The van der Waals surface area contributed by atoms with Crippen molar-refractivity contribution >= 4 is 11.0 Å². The average Bonchev–Trinajstić information content (AvgIpc) is 2.55. The van der Waals surface area contributed by atoms with Crippen LogP contribution in [-0.4, -0.2) is 36.3 Å². The molecule has 0 aliphatic heterocycles. The number of aromatic nitrogens is 2. The van der Waals surface area contributed by atoms with Crippen molar-refractivity contribution in [3.63, 3.8) is 0 Å². The summed E-state index contributed by atoms with van der Waals surface area (Å²) in [5.74, 6) is 0.722. The summed E-state index contributed by atoms with van der Waals surface area (Å²) in [6.45, 7) is 3.87. The van der Waals surface area contributed by atoms with Gasteiger partial charge in [-0.1, -0.05) is 13.0 Å². The van der Waals surface area contributed by atoms with Crippen LogP contribution in [0.3, 0.4) is 0 Å². The van der Waals surface area contributed by atoms with Crippen molar-refractivity contribution in [2.75, 3.05) is 20.3 Å². The van der Waals surface area contributed by atoms with Gasteiger partial charge in [0, 0.05) is 32.1 Å². The number of ether oxygens (including phenoxy) is 1. The molecule has 1 heterocycles. The second-order valence-electron chi connectivity index (χ2n) is 6.54. The maximum absolute atomic E-state index is 14.0. The average molecular weight is 317 g/mol. The van der Waals surface area contributed by atoms with Crippen molar-refractivity contribution in [2.45, 2.75) is 38.1 Å². The van der Waals surface area contributed by atoms with E-state index in [1.165, 1.54) is 12.5 Å². The van der Waals surface area contributed by atoms with E-state index < -0.39 is 0 Å². The molecule has 124 valence electrons. The Morgan fingerprint density at radius 2 is 1.96 bits per heavy atom. The third-order valence-electron chi connectivity index (χ3n) is 4.73. The van der Waals surface area contributed by atoms with Crippen LogP contribution in [-0.2, 0) is 4.74 Å². The molecule has 3 atom stereocenters. The minimum absolute atomic E-state index is 0.296. The molecule has 2 aromatic rings. The lowest BCUT2D eigenvalue weighted by atomic mass is 9.76. The van der Waals surface area contributed by atoms with E-state index in [0.29, 0.717) is 28.9 Å². The molecule has 0 spiro atoms. The highest BCUT2D eigenvalue weighted by molar-refractivity contribution is 5.78. The van der Waals surface area contributed by atoms with Gasteiger partial charge in [0.1, 0.15) is 5.52 Å². The maximum Gasteiger partial charge on any atom is 0.151 e. The maximum atomic E-state index is 14.0. The van der Waals surface area contributed by atoms with E-state index in [1.54, 1.807) is 19.5 Å². The minimum Gasteiger partial charge on any atom is -0.383 e. The number of halogens is 1. The Balaban J connectivity index is 1.84. The van der Waals surface area contributed by atoms with Crippen LogP contribution in [0.5, 0.6) is 0 Å². The Hall–Kier alpha value is -1.59. The third-order valence-corrected chi connectivity index (χ3v) is 4.73. The highest BCUT2D eigenvalue weighted by atomic mass is 19.1. The molecular weight excluding hydrogens is 293 g/mol. The van der Waals surface area contributed by atoms with Crippen molar-refractivity contribution in [1.29, 1.82) is 0 Å². The molecule has 1 saturated carbocycles. The van der Waals surface area contributed by atoms with Crippen molar-refractivity contribution in [1.82, 2.24) is 15.3 Å². The van der Waals surface area contributed by atoms with Gasteiger partial charge in [-0.05, 0) is 42.7 Å². The summed E-state index contributed by atoms with van der Waals surface area (Å²) < 4.78 is 19.1. The van der Waals surface area contributed by atoms with Gasteiger partial charge in [0.2, 0.25) is 0 Å². The smallest absolute Gasteiger partial charge is 0.151 e. The van der Waals surface area contributed by atoms with Crippen LogP contribution < -0.4 is 5.32 Å². The standard InChI is InChI=1S/C18H24FN3O/c1-12-9-13(11-14(10-12)20-7-8-23-2)15-3-4-16(19)18-17(15)21-5-6-22-18/h3-6,12-14,20H,7-11H2,1-2H3. The van der Waals surface area contributed by atoms with Gasteiger partial charge in [0.05, 0.1) is 12.1 Å². The van der Waals surface area contributed by atoms with Crippen molar-refractivity contribution in [2.24, 2.45) is 5.92 Å². The van der Waals surface area contributed by atoms with Gasteiger partial charge in [0.25, 0.3) is 0 Å². The molecule has 1 aliphatic rings. The molecule has 1 fully saturated rings. The van der Waals surface area contributed by atoms with Gasteiger partial charge in [-0.15, -0.1) is 0 Å². The van der Waals surface area contributed by atoms with Crippen molar-refractivity contribution in [3.05, 3.63) is 35.9 Å². The zero-order valence-electron chi connectivity index (χ0n) is 13.8. The molecule has 0 amide bonds. The van der Waals surface area contributed by atoms with E-state index >= 15 is 0 Å². The first-order valence-corrected chi connectivity index (χ1v) is 8.30. The Morgan fingerprint density at radius 1 is 1.17 bits per heavy atom. The van der Waals surface area contributed by atoms with Crippen LogP contribution in [0.1, 0.15) is 37.7 Å². The van der Waals surface area contributed by atoms with E-state index in [2.05, 4.69) is 22.2 Å². The molecule has 5 heteroatoms. The van der Waals surface area contributed by atoms with Gasteiger partial charge in [-0.2, -0.15) is 0 Å². The largest absolute Gasteiger partial charge is 0.383 e. The third kappa shape index (κ3) is 3.67. The summed E-state index contributed by atoms with van der Waals surface area (Å²) in [7, 11) is 1.72. The van der Waals surface area contributed by atoms with Crippen LogP contribution in [0.25, 0.3) is 11.0 Å². The normalized spacial score (nSPS) is 24.9. The fourth-order valence-corrected chi connectivity index (χ4v) is 3.76. The molecule has 0 bridgehead atoms. The number of hydrogen-bond donors (Lipinski definition) is 1. The van der Waals surface area contributed by atoms with Crippen LogP contribution >= 0.6 is 0 Å². The van der Waals surface area contributed by atoms with E-state index in [9.17, 15) is 4.39 Å². The zero-order chi connectivity index (χ0) is 16.2. The Morgan fingerprint density at radius 3 is 2.74 bits per heavy atom. The van der Waals surface area contributed by atoms with Crippen LogP contribution in [0.4, 0.5) is 4.39 Å². The number of nitrogens with one attached hydrogen (secondary N) is 1. The predicted octanol–water partition coefficient (Wildman–Crippen LogP) is 3.28. The molecule has 0 saturated heterocycles. The lowest BCUT2D eigenvalue weighted by molar-refractivity contribution is 0.185. The summed E-state index contributed by atoms with van der Waals surface area (Å²) in [5, 5.41) is 3.58. The molecular formula is C18H24FN3O. The number of nitrogens with zero attached hydrogens (tertiary/aromatic N) is 2. The van der Waals surface area contributed by atoms with E-state index in [0.717, 1.165) is 31.6 Å². The highest BCUT2D eigenvalue weighted by Crippen LogP contribution is 2.38. The van der Waals surface area contributed by atoms with Gasteiger partial charge in [0.15, 0.2) is 5.82 Å². The number of rotatable bonds is 5. The molecule has 1 aliphatic carbocycles. The lowest BCUT2D eigenvalue weighted by Crippen LogP contribution is -2.38. The topological polar surface area (TPSA) is 47.0 Å². The van der Waals surface area contributed by atoms with Gasteiger partial charge in [-0.25, -0.2) is 9.37 Å². The lowest BCUT2D eigenvalue weighted by Gasteiger charge is -2.34. The van der Waals surface area contributed by atoms with Gasteiger partial charge < -0.3 is 10.1 Å². The molecule has 1 aromatic carbocycles. The predicted molar refractivity (Wildman–Crippen MR) is 88.9 cm³/mol. The van der Waals surface area contributed by atoms with Crippen molar-refractivity contribution < 1.29 is 9.13 Å². The van der Waals surface area contributed by atoms with Crippen molar-refractivity contribution in [3.8, 4) is 0 Å². The summed E-state index contributed by atoms with van der Waals surface area (Å²) in [5.41, 5.74) is 2.22. The molecule has 4 nitrogen and oxygen atoms in total. The second kappa shape index (κ2) is 7.32. The summed E-state index contributed by atoms with van der Waals surface area (Å²) in [6, 6.07) is 3.89. The fourth-order valence-electron chi connectivity index (χ4n) is 3.76. The minimum atomic E-state index is -0.296. The SMILES string of the molecule is COCCNC1CC(C)CC(c2ccc(F)c3nccnc23)C1. The second-order valence-corrected chi connectivity index (χ2v) is 6.54. The van der Waals surface area contributed by atoms with E-state index in [1.807, 2.05) is 6.07 Å². The number of fused-ring (bicyclic) bond motifs is 1. The Bertz CT molecular complexity index is 664. The van der Waals surface area contributed by atoms with Crippen LogP contribution in [0.2, 0.25) is 0 Å². The molecule has 0 radical (unpaired) electrons. The monoisotopic (exact) mass is 317 g/mol. The van der Waals surface area contributed by atoms with Crippen LogP contribution in [0, 0.1) is 11.7 Å². The quantitative estimate of drug-likeness (QED) is 0.860. The summed E-state index contributed by atoms with van der Waals surface area (Å²) in [4.78, 5) is 8.57. The van der Waals surface area contributed by atoms with Gasteiger partial charge in [-0.3, -0.25) is 4.98 Å².